The summed E-state index contributed by atoms with van der Waals surface area (Å²) in [5.41, 5.74) is 3.64. The SMILES string of the molecule is CNC(=O)CCCCCC(NC(=O)c1ccc(N2CC(=O)NC2=O)cc1)c1ncc(-c2ccc(-n3cccn3)cc2)[nH]1. The number of H-pyrrole nitrogens is 1. The number of carbonyl (C=O) groups excluding carboxylic acids is 4. The zero-order chi connectivity index (χ0) is 29.5. The van der Waals surface area contributed by atoms with Gasteiger partial charge in [-0.05, 0) is 60.9 Å². The van der Waals surface area contributed by atoms with Gasteiger partial charge in [0, 0.05) is 37.1 Å². The summed E-state index contributed by atoms with van der Waals surface area (Å²) in [5.74, 6) is -0.0231. The highest BCUT2D eigenvalue weighted by Crippen LogP contribution is 2.25. The molecule has 0 saturated carbocycles. The summed E-state index contributed by atoms with van der Waals surface area (Å²) in [6, 6.07) is 15.4. The molecule has 3 heterocycles. The van der Waals surface area contributed by atoms with Crippen LogP contribution in [0.2, 0.25) is 0 Å². The van der Waals surface area contributed by atoms with Gasteiger partial charge in [-0.25, -0.2) is 14.5 Å². The molecule has 2 aromatic heterocycles. The molecule has 0 aliphatic carbocycles. The predicted molar refractivity (Wildman–Crippen MR) is 156 cm³/mol. The highest BCUT2D eigenvalue weighted by molar-refractivity contribution is 6.12. The molecule has 4 N–H and O–H groups in total. The smallest absolute Gasteiger partial charge is 0.329 e. The largest absolute Gasteiger partial charge is 0.359 e. The van der Waals surface area contributed by atoms with Crippen LogP contribution in [-0.4, -0.2) is 57.1 Å². The zero-order valence-electron chi connectivity index (χ0n) is 23.2. The van der Waals surface area contributed by atoms with E-state index in [2.05, 4.69) is 31.0 Å². The second kappa shape index (κ2) is 12.9. The standard InChI is InChI=1S/C30H32N8O4/c1-31-26(39)7-4-2-3-6-24(35-29(41)21-10-12-22(13-11-21)37-19-27(40)36-30(37)42)28-32-18-25(34-28)20-8-14-23(15-9-20)38-17-5-16-33-38/h5,8-18,24H,2-4,6-7,19H2,1H3,(H,31,39)(H,32,34)(H,35,41)(H,36,40,42). The van der Waals surface area contributed by atoms with Gasteiger partial charge in [0.05, 0.1) is 23.6 Å². The second-order valence-corrected chi connectivity index (χ2v) is 9.96. The minimum Gasteiger partial charge on any atom is -0.359 e. The number of nitrogens with one attached hydrogen (secondary N) is 4. The van der Waals surface area contributed by atoms with Crippen LogP contribution in [0.3, 0.4) is 0 Å². The van der Waals surface area contributed by atoms with Gasteiger partial charge >= 0.3 is 6.03 Å². The van der Waals surface area contributed by atoms with Crippen LogP contribution in [0, 0.1) is 0 Å². The number of benzene rings is 2. The topological polar surface area (TPSA) is 154 Å². The first-order valence-corrected chi connectivity index (χ1v) is 13.8. The number of amides is 5. The number of carbonyl (C=O) groups is 4. The number of urea groups is 1. The highest BCUT2D eigenvalue weighted by Gasteiger charge is 2.28. The summed E-state index contributed by atoms with van der Waals surface area (Å²) in [4.78, 5) is 57.6. The summed E-state index contributed by atoms with van der Waals surface area (Å²) in [6.45, 7) is -0.0564. The second-order valence-electron chi connectivity index (χ2n) is 9.96. The predicted octanol–water partition coefficient (Wildman–Crippen LogP) is 3.49. The van der Waals surface area contributed by atoms with Crippen molar-refractivity contribution in [1.82, 2.24) is 35.7 Å². The Kier molecular flexibility index (Phi) is 8.71. The summed E-state index contributed by atoms with van der Waals surface area (Å²) < 4.78 is 1.78. The lowest BCUT2D eigenvalue weighted by atomic mass is 10.1. The van der Waals surface area contributed by atoms with Gasteiger partial charge in [0.15, 0.2) is 0 Å². The third-order valence-electron chi connectivity index (χ3n) is 7.09. The van der Waals surface area contributed by atoms with Gasteiger partial charge in [-0.15, -0.1) is 0 Å². The zero-order valence-corrected chi connectivity index (χ0v) is 23.2. The van der Waals surface area contributed by atoms with E-state index in [9.17, 15) is 19.2 Å². The van der Waals surface area contributed by atoms with Crippen molar-refractivity contribution >= 4 is 29.4 Å². The Morgan fingerprint density at radius 2 is 1.76 bits per heavy atom. The van der Waals surface area contributed by atoms with Crippen molar-refractivity contribution in [2.24, 2.45) is 0 Å². The lowest BCUT2D eigenvalue weighted by molar-refractivity contribution is -0.120. The van der Waals surface area contributed by atoms with Gasteiger partial charge in [0.25, 0.3) is 5.91 Å². The number of hydrogen-bond donors (Lipinski definition) is 4. The molecule has 5 amide bonds. The van der Waals surface area contributed by atoms with Crippen LogP contribution >= 0.6 is 0 Å². The summed E-state index contributed by atoms with van der Waals surface area (Å²) in [6.07, 6.45) is 8.80. The number of anilines is 1. The maximum atomic E-state index is 13.3. The molecule has 1 fully saturated rings. The maximum Gasteiger partial charge on any atom is 0.329 e. The molecule has 1 unspecified atom stereocenters. The average Bonchev–Trinajstić information content (AvgIpc) is 3.78. The van der Waals surface area contributed by atoms with E-state index in [-0.39, 0.29) is 24.3 Å². The van der Waals surface area contributed by atoms with Crippen molar-refractivity contribution in [1.29, 1.82) is 0 Å². The third kappa shape index (κ3) is 6.72. The van der Waals surface area contributed by atoms with Crippen LogP contribution in [0.5, 0.6) is 0 Å². The van der Waals surface area contributed by atoms with Crippen molar-refractivity contribution in [3.63, 3.8) is 0 Å². The van der Waals surface area contributed by atoms with E-state index in [1.165, 1.54) is 4.90 Å². The van der Waals surface area contributed by atoms with Gasteiger partial charge in [-0.3, -0.25) is 24.6 Å². The molecular weight excluding hydrogens is 536 g/mol. The van der Waals surface area contributed by atoms with E-state index in [1.54, 1.807) is 48.4 Å². The third-order valence-corrected chi connectivity index (χ3v) is 7.09. The molecule has 4 aromatic rings. The van der Waals surface area contributed by atoms with Gasteiger partial charge in [-0.2, -0.15) is 5.10 Å². The minimum absolute atomic E-state index is 0.00771. The van der Waals surface area contributed by atoms with E-state index < -0.39 is 12.1 Å². The first-order chi connectivity index (χ1) is 20.4. The molecule has 1 aliphatic rings. The Morgan fingerprint density at radius 1 is 1.00 bits per heavy atom. The lowest BCUT2D eigenvalue weighted by Gasteiger charge is -2.18. The molecule has 42 heavy (non-hydrogen) atoms. The first-order valence-electron chi connectivity index (χ1n) is 13.8. The fourth-order valence-electron chi connectivity index (χ4n) is 4.77. The quantitative estimate of drug-likeness (QED) is 0.152. The molecule has 216 valence electrons. The summed E-state index contributed by atoms with van der Waals surface area (Å²) in [7, 11) is 1.62. The van der Waals surface area contributed by atoms with Crippen molar-refractivity contribution in [3.05, 3.63) is 84.6 Å². The number of imide groups is 1. The fourth-order valence-corrected chi connectivity index (χ4v) is 4.77. The van der Waals surface area contributed by atoms with Gasteiger partial charge in [0.2, 0.25) is 11.8 Å². The normalized spacial score (nSPS) is 13.6. The van der Waals surface area contributed by atoms with E-state index in [0.29, 0.717) is 29.9 Å². The fraction of sp³-hybridized carbons (Fsp3) is 0.267. The number of aromatic nitrogens is 4. The molecule has 1 aliphatic heterocycles. The highest BCUT2D eigenvalue weighted by atomic mass is 16.2. The molecule has 12 nitrogen and oxygen atoms in total. The number of hydrogen-bond acceptors (Lipinski definition) is 6. The molecule has 0 spiro atoms. The number of rotatable bonds is 12. The Hall–Kier alpha value is -5.26. The lowest BCUT2D eigenvalue weighted by Crippen LogP contribution is -2.30. The molecule has 0 radical (unpaired) electrons. The maximum absolute atomic E-state index is 13.3. The van der Waals surface area contributed by atoms with Crippen molar-refractivity contribution in [2.75, 3.05) is 18.5 Å². The van der Waals surface area contributed by atoms with Crippen LogP contribution < -0.4 is 20.9 Å². The first kappa shape index (κ1) is 28.3. The average molecular weight is 569 g/mol. The van der Waals surface area contributed by atoms with Crippen molar-refractivity contribution < 1.29 is 19.2 Å². The molecular formula is C30H32N8O4. The molecule has 1 saturated heterocycles. The molecule has 0 bridgehead atoms. The van der Waals surface area contributed by atoms with Gasteiger partial charge in [-0.1, -0.05) is 25.0 Å². The Labute approximate surface area is 242 Å². The molecule has 12 heteroatoms. The summed E-state index contributed by atoms with van der Waals surface area (Å²) >= 11 is 0. The van der Waals surface area contributed by atoms with E-state index in [0.717, 1.165) is 36.2 Å². The van der Waals surface area contributed by atoms with Crippen molar-refractivity contribution in [2.45, 2.75) is 38.1 Å². The monoisotopic (exact) mass is 568 g/mol. The number of imidazole rings is 1. The van der Waals surface area contributed by atoms with E-state index >= 15 is 0 Å². The van der Waals surface area contributed by atoms with Crippen LogP contribution in [0.15, 0.2) is 73.2 Å². The van der Waals surface area contributed by atoms with Crippen LogP contribution in [0.1, 0.15) is 54.3 Å². The molecule has 1 atom stereocenters. The van der Waals surface area contributed by atoms with Crippen LogP contribution in [0.4, 0.5) is 10.5 Å². The van der Waals surface area contributed by atoms with Crippen LogP contribution in [0.25, 0.3) is 16.9 Å². The van der Waals surface area contributed by atoms with Gasteiger partial charge in [0.1, 0.15) is 12.4 Å². The number of unbranched alkanes of at least 4 members (excludes halogenated alkanes) is 2. The number of aromatic amines is 1. The number of nitrogens with zero attached hydrogens (tertiary/aromatic N) is 4. The molecule has 2 aromatic carbocycles. The van der Waals surface area contributed by atoms with E-state index in [4.69, 9.17) is 0 Å². The van der Waals surface area contributed by atoms with Crippen LogP contribution in [-0.2, 0) is 9.59 Å². The van der Waals surface area contributed by atoms with Crippen molar-refractivity contribution in [3.8, 4) is 16.9 Å². The minimum atomic E-state index is -0.488. The molecule has 5 rings (SSSR count). The Morgan fingerprint density at radius 3 is 2.43 bits per heavy atom. The van der Waals surface area contributed by atoms with Gasteiger partial charge < -0.3 is 15.6 Å². The summed E-state index contributed by atoms with van der Waals surface area (Å²) in [5, 5.41) is 12.2. The van der Waals surface area contributed by atoms with E-state index in [1.807, 2.05) is 36.5 Å². The Balaban J connectivity index is 1.28. The Bertz CT molecular complexity index is 1540.